The molecule has 0 saturated carbocycles. The molecule has 1 heterocycles. The lowest BCUT2D eigenvalue weighted by Crippen LogP contribution is -2.29. The van der Waals surface area contributed by atoms with Gasteiger partial charge < -0.3 is 4.74 Å². The van der Waals surface area contributed by atoms with E-state index in [4.69, 9.17) is 4.74 Å². The van der Waals surface area contributed by atoms with Gasteiger partial charge in [-0.05, 0) is 14.0 Å². The Bertz CT molecular complexity index is 138. The third kappa shape index (κ3) is 2.14. The minimum Gasteiger partial charge on any atom is -0.383 e. The zero-order chi connectivity index (χ0) is 8.48. The molecule has 0 aromatic carbocycles. The van der Waals surface area contributed by atoms with Gasteiger partial charge in [0.15, 0.2) is 0 Å². The van der Waals surface area contributed by atoms with Crippen LogP contribution in [0.25, 0.3) is 0 Å². The summed E-state index contributed by atoms with van der Waals surface area (Å²) in [6.07, 6.45) is 0.595. The van der Waals surface area contributed by atoms with Crippen molar-refractivity contribution in [1.29, 1.82) is 0 Å². The van der Waals surface area contributed by atoms with Crippen LogP contribution in [0.5, 0.6) is 0 Å². The highest BCUT2D eigenvalue weighted by atomic mass is 19.1. The summed E-state index contributed by atoms with van der Waals surface area (Å²) in [6, 6.07) is 0.259. The molecular formula is C8H16FNO. The minimum absolute atomic E-state index is 0.259. The Morgan fingerprint density at radius 3 is 2.73 bits per heavy atom. The molecule has 0 aliphatic carbocycles. The SMILES string of the molecule is COC[C@@H]1C[C@@](C)(F)CN1C. The molecule has 0 amide bonds. The molecular weight excluding hydrogens is 145 g/mol. The maximum Gasteiger partial charge on any atom is 0.122 e. The Morgan fingerprint density at radius 2 is 2.36 bits per heavy atom. The molecule has 0 spiro atoms. The van der Waals surface area contributed by atoms with E-state index in [1.165, 1.54) is 0 Å². The van der Waals surface area contributed by atoms with Gasteiger partial charge in [0, 0.05) is 26.1 Å². The molecule has 0 bridgehead atoms. The fourth-order valence-electron chi connectivity index (χ4n) is 1.74. The average Bonchev–Trinajstić information content (AvgIpc) is 2.07. The third-order valence-electron chi connectivity index (χ3n) is 2.22. The number of halogens is 1. The zero-order valence-electron chi connectivity index (χ0n) is 7.43. The lowest BCUT2D eigenvalue weighted by molar-refractivity contribution is 0.129. The van der Waals surface area contributed by atoms with Crippen LogP contribution in [0.15, 0.2) is 0 Å². The average molecular weight is 161 g/mol. The van der Waals surface area contributed by atoms with E-state index in [1.807, 2.05) is 11.9 Å². The summed E-state index contributed by atoms with van der Waals surface area (Å²) in [4.78, 5) is 2.02. The van der Waals surface area contributed by atoms with Crippen molar-refractivity contribution >= 4 is 0 Å². The first-order chi connectivity index (χ1) is 5.05. The van der Waals surface area contributed by atoms with Gasteiger partial charge in [0.1, 0.15) is 5.67 Å². The molecule has 66 valence electrons. The number of methoxy groups -OCH3 is 1. The first-order valence-corrected chi connectivity index (χ1v) is 3.93. The second kappa shape index (κ2) is 3.07. The number of hydrogen-bond acceptors (Lipinski definition) is 2. The fraction of sp³-hybridized carbons (Fsp3) is 1.00. The Morgan fingerprint density at radius 1 is 1.73 bits per heavy atom. The topological polar surface area (TPSA) is 12.5 Å². The molecule has 0 unspecified atom stereocenters. The van der Waals surface area contributed by atoms with E-state index in [-0.39, 0.29) is 6.04 Å². The summed E-state index contributed by atoms with van der Waals surface area (Å²) in [5.74, 6) is 0. The molecule has 1 rings (SSSR count). The van der Waals surface area contributed by atoms with E-state index >= 15 is 0 Å². The Kier molecular flexibility index (Phi) is 2.50. The Balaban J connectivity index is 2.45. The van der Waals surface area contributed by atoms with Crippen LogP contribution in [0.4, 0.5) is 4.39 Å². The van der Waals surface area contributed by atoms with Gasteiger partial charge >= 0.3 is 0 Å². The number of likely N-dealkylation sites (tertiary alicyclic amines) is 1. The van der Waals surface area contributed by atoms with Crippen molar-refractivity contribution in [3.63, 3.8) is 0 Å². The van der Waals surface area contributed by atoms with Crippen LogP contribution in [0, 0.1) is 0 Å². The van der Waals surface area contributed by atoms with Gasteiger partial charge in [-0.1, -0.05) is 0 Å². The van der Waals surface area contributed by atoms with E-state index in [0.717, 1.165) is 0 Å². The number of rotatable bonds is 2. The Hall–Kier alpha value is -0.150. The second-order valence-corrected chi connectivity index (χ2v) is 3.64. The quantitative estimate of drug-likeness (QED) is 0.600. The molecule has 0 aromatic rings. The van der Waals surface area contributed by atoms with Crippen molar-refractivity contribution in [1.82, 2.24) is 4.90 Å². The predicted molar refractivity (Wildman–Crippen MR) is 42.4 cm³/mol. The van der Waals surface area contributed by atoms with Crippen molar-refractivity contribution in [2.75, 3.05) is 27.3 Å². The summed E-state index contributed by atoms with van der Waals surface area (Å²) < 4.78 is 18.3. The summed E-state index contributed by atoms with van der Waals surface area (Å²) in [5.41, 5.74) is -1.02. The van der Waals surface area contributed by atoms with Gasteiger partial charge in [-0.25, -0.2) is 4.39 Å². The first-order valence-electron chi connectivity index (χ1n) is 3.93. The van der Waals surface area contributed by atoms with Crippen LogP contribution in [0.1, 0.15) is 13.3 Å². The summed E-state index contributed by atoms with van der Waals surface area (Å²) in [5, 5.41) is 0. The lowest BCUT2D eigenvalue weighted by Gasteiger charge is -2.16. The summed E-state index contributed by atoms with van der Waals surface area (Å²) in [6.45, 7) is 2.82. The van der Waals surface area contributed by atoms with Gasteiger partial charge in [0.05, 0.1) is 6.61 Å². The minimum atomic E-state index is -1.02. The fourth-order valence-corrected chi connectivity index (χ4v) is 1.74. The van der Waals surface area contributed by atoms with Crippen LogP contribution in [-0.4, -0.2) is 43.9 Å². The van der Waals surface area contributed by atoms with Crippen LogP contribution in [0.3, 0.4) is 0 Å². The van der Waals surface area contributed by atoms with Crippen LogP contribution >= 0.6 is 0 Å². The van der Waals surface area contributed by atoms with E-state index in [0.29, 0.717) is 19.6 Å². The van der Waals surface area contributed by atoms with E-state index in [2.05, 4.69) is 0 Å². The first kappa shape index (κ1) is 8.94. The van der Waals surface area contributed by atoms with Crippen LogP contribution < -0.4 is 0 Å². The third-order valence-corrected chi connectivity index (χ3v) is 2.22. The molecule has 3 heteroatoms. The van der Waals surface area contributed by atoms with Crippen molar-refractivity contribution in [3.8, 4) is 0 Å². The van der Waals surface area contributed by atoms with E-state index in [1.54, 1.807) is 14.0 Å². The van der Waals surface area contributed by atoms with E-state index < -0.39 is 5.67 Å². The van der Waals surface area contributed by atoms with Gasteiger partial charge in [-0.2, -0.15) is 0 Å². The highest BCUT2D eigenvalue weighted by Gasteiger charge is 2.38. The molecule has 11 heavy (non-hydrogen) atoms. The van der Waals surface area contributed by atoms with E-state index in [9.17, 15) is 4.39 Å². The highest BCUT2D eigenvalue weighted by Crippen LogP contribution is 2.28. The molecule has 1 aliphatic rings. The summed E-state index contributed by atoms with van der Waals surface area (Å²) >= 11 is 0. The molecule has 0 N–H and O–H groups in total. The number of alkyl halides is 1. The molecule has 2 nitrogen and oxygen atoms in total. The van der Waals surface area contributed by atoms with Crippen LogP contribution in [-0.2, 0) is 4.74 Å². The number of ether oxygens (including phenoxy) is 1. The number of nitrogens with zero attached hydrogens (tertiary/aromatic N) is 1. The largest absolute Gasteiger partial charge is 0.383 e. The molecule has 1 aliphatic heterocycles. The van der Waals surface area contributed by atoms with Crippen molar-refractivity contribution in [2.24, 2.45) is 0 Å². The molecule has 1 saturated heterocycles. The molecule has 2 atom stereocenters. The van der Waals surface area contributed by atoms with Crippen molar-refractivity contribution < 1.29 is 9.13 Å². The second-order valence-electron chi connectivity index (χ2n) is 3.64. The smallest absolute Gasteiger partial charge is 0.122 e. The molecule has 1 fully saturated rings. The van der Waals surface area contributed by atoms with Gasteiger partial charge in [0.2, 0.25) is 0 Å². The molecule has 0 aromatic heterocycles. The van der Waals surface area contributed by atoms with Crippen molar-refractivity contribution in [2.45, 2.75) is 25.1 Å². The normalized spacial score (nSPS) is 39.8. The standard InChI is InChI=1S/C8H16FNO/c1-8(9)4-7(5-11-3)10(2)6-8/h7H,4-6H2,1-3H3/t7-,8+/m0/s1. The zero-order valence-corrected chi connectivity index (χ0v) is 7.43. The number of likely N-dealkylation sites (N-methyl/N-ethyl adjacent to an activating group) is 1. The maximum atomic E-state index is 13.3. The Labute approximate surface area is 67.3 Å². The lowest BCUT2D eigenvalue weighted by atomic mass is 10.1. The predicted octanol–water partition coefficient (Wildman–Crippen LogP) is 1.07. The summed E-state index contributed by atoms with van der Waals surface area (Å²) in [7, 11) is 3.59. The molecule has 0 radical (unpaired) electrons. The van der Waals surface area contributed by atoms with Crippen LogP contribution in [0.2, 0.25) is 0 Å². The monoisotopic (exact) mass is 161 g/mol. The highest BCUT2D eigenvalue weighted by molar-refractivity contribution is 4.92. The van der Waals surface area contributed by atoms with Gasteiger partial charge in [0.25, 0.3) is 0 Å². The van der Waals surface area contributed by atoms with Crippen molar-refractivity contribution in [3.05, 3.63) is 0 Å². The maximum absolute atomic E-state index is 13.3. The number of hydrogen-bond donors (Lipinski definition) is 0. The van der Waals surface area contributed by atoms with Gasteiger partial charge in [-0.3, -0.25) is 4.90 Å². The van der Waals surface area contributed by atoms with Gasteiger partial charge in [-0.15, -0.1) is 0 Å².